The number of para-hydroxylation sites is 1. The van der Waals surface area contributed by atoms with Gasteiger partial charge in [-0.3, -0.25) is 9.10 Å². The molecular weight excluding hydrogens is 369 g/mol. The minimum Gasteiger partial charge on any atom is -0.271 e. The van der Waals surface area contributed by atoms with Gasteiger partial charge in [0.2, 0.25) is 10.0 Å². The Bertz CT molecular complexity index is 941. The normalized spacial score (nSPS) is 11.9. The van der Waals surface area contributed by atoms with Crippen molar-refractivity contribution in [2.75, 3.05) is 17.1 Å². The highest BCUT2D eigenvalue weighted by molar-refractivity contribution is 7.92. The number of carbonyl (C=O) groups is 1. The summed E-state index contributed by atoms with van der Waals surface area (Å²) in [6, 6.07) is 12.7. The van der Waals surface area contributed by atoms with Crippen molar-refractivity contribution in [1.29, 1.82) is 0 Å². The molecule has 0 radical (unpaired) electrons. The highest BCUT2D eigenvalue weighted by Crippen LogP contribution is 2.23. The number of anilines is 1. The van der Waals surface area contributed by atoms with E-state index in [1.807, 2.05) is 19.1 Å². The third kappa shape index (κ3) is 5.62. The summed E-state index contributed by atoms with van der Waals surface area (Å²) in [5.41, 5.74) is 4.77. The van der Waals surface area contributed by atoms with Gasteiger partial charge in [-0.2, -0.15) is 5.10 Å². The predicted octanol–water partition coefficient (Wildman–Crippen LogP) is 2.69. The zero-order valence-corrected chi connectivity index (χ0v) is 16.3. The number of rotatable bonds is 7. The Labute approximate surface area is 158 Å². The summed E-state index contributed by atoms with van der Waals surface area (Å²) in [7, 11) is -3.66. The number of hydrogen-bond acceptors (Lipinski definition) is 4. The van der Waals surface area contributed by atoms with Crippen LogP contribution in [0.4, 0.5) is 10.1 Å². The van der Waals surface area contributed by atoms with Crippen LogP contribution in [0.1, 0.15) is 25.0 Å². The fourth-order valence-corrected chi connectivity index (χ4v) is 3.39. The summed E-state index contributed by atoms with van der Waals surface area (Å²) in [5.74, 6) is -0.943. The second-order valence-corrected chi connectivity index (χ2v) is 7.90. The Morgan fingerprint density at radius 2 is 1.78 bits per heavy atom. The van der Waals surface area contributed by atoms with Crippen LogP contribution in [0.3, 0.4) is 0 Å². The van der Waals surface area contributed by atoms with Crippen LogP contribution in [0.25, 0.3) is 0 Å². The molecule has 2 aromatic rings. The third-order valence-corrected chi connectivity index (χ3v) is 5.07. The van der Waals surface area contributed by atoms with Gasteiger partial charge in [0.05, 0.1) is 17.7 Å². The molecule has 2 aromatic carbocycles. The molecular formula is C19H22FN3O3S. The monoisotopic (exact) mass is 391 g/mol. The average molecular weight is 391 g/mol. The molecule has 0 aliphatic carbocycles. The van der Waals surface area contributed by atoms with Gasteiger partial charge in [0.1, 0.15) is 12.4 Å². The first kappa shape index (κ1) is 20.6. The smallest absolute Gasteiger partial charge is 0.260 e. The van der Waals surface area contributed by atoms with Crippen LogP contribution in [0.5, 0.6) is 0 Å². The number of aryl methyl sites for hydroxylation is 1. The van der Waals surface area contributed by atoms with Crippen molar-refractivity contribution in [2.45, 2.75) is 20.3 Å². The van der Waals surface area contributed by atoms with Gasteiger partial charge in [0.25, 0.3) is 5.91 Å². The second-order valence-electron chi connectivity index (χ2n) is 5.99. The molecule has 0 atom stereocenters. The quantitative estimate of drug-likeness (QED) is 0.582. The van der Waals surface area contributed by atoms with Crippen molar-refractivity contribution in [1.82, 2.24) is 5.43 Å². The van der Waals surface area contributed by atoms with E-state index in [-0.39, 0.29) is 5.82 Å². The summed E-state index contributed by atoms with van der Waals surface area (Å²) < 4.78 is 38.4. The second kappa shape index (κ2) is 8.77. The lowest BCUT2D eigenvalue weighted by atomic mass is 10.1. The topological polar surface area (TPSA) is 78.8 Å². The number of hydrazone groups is 1. The lowest BCUT2D eigenvalue weighted by molar-refractivity contribution is -0.119. The van der Waals surface area contributed by atoms with Crippen LogP contribution in [0, 0.1) is 5.82 Å². The van der Waals surface area contributed by atoms with E-state index in [4.69, 9.17) is 0 Å². The fraction of sp³-hybridized carbons (Fsp3) is 0.263. The maximum atomic E-state index is 13.0. The molecule has 0 unspecified atom stereocenters. The van der Waals surface area contributed by atoms with Crippen LogP contribution in [0.15, 0.2) is 53.6 Å². The molecule has 144 valence electrons. The molecule has 0 bridgehead atoms. The number of halogens is 1. The molecule has 0 spiro atoms. The predicted molar refractivity (Wildman–Crippen MR) is 105 cm³/mol. The largest absolute Gasteiger partial charge is 0.271 e. The summed E-state index contributed by atoms with van der Waals surface area (Å²) in [6.45, 7) is 3.18. The number of benzene rings is 2. The Hall–Kier alpha value is -2.74. The van der Waals surface area contributed by atoms with Crippen LogP contribution in [-0.4, -0.2) is 32.8 Å². The molecule has 0 heterocycles. The van der Waals surface area contributed by atoms with Gasteiger partial charge in [-0.05, 0) is 42.7 Å². The average Bonchev–Trinajstić information content (AvgIpc) is 2.63. The molecule has 0 aliphatic heterocycles. The van der Waals surface area contributed by atoms with E-state index in [0.29, 0.717) is 23.4 Å². The summed E-state index contributed by atoms with van der Waals surface area (Å²) in [5, 5.41) is 3.97. The molecule has 8 heteroatoms. The number of amides is 1. The van der Waals surface area contributed by atoms with Gasteiger partial charge < -0.3 is 0 Å². The molecule has 6 nitrogen and oxygen atoms in total. The molecule has 0 aliphatic rings. The van der Waals surface area contributed by atoms with Gasteiger partial charge in [-0.1, -0.05) is 37.3 Å². The van der Waals surface area contributed by atoms with Gasteiger partial charge in [0, 0.05) is 0 Å². The molecule has 2 rings (SSSR count). The molecule has 0 saturated carbocycles. The highest BCUT2D eigenvalue weighted by atomic mass is 32.2. The van der Waals surface area contributed by atoms with Crippen molar-refractivity contribution in [3.63, 3.8) is 0 Å². The molecule has 27 heavy (non-hydrogen) atoms. The maximum Gasteiger partial charge on any atom is 0.260 e. The van der Waals surface area contributed by atoms with Crippen molar-refractivity contribution in [2.24, 2.45) is 5.10 Å². The SMILES string of the molecule is CCc1ccccc1N(CC(=O)N/N=C(/C)c1ccc(F)cc1)S(C)(=O)=O. The Morgan fingerprint density at radius 1 is 1.15 bits per heavy atom. The van der Waals surface area contributed by atoms with E-state index >= 15 is 0 Å². The summed E-state index contributed by atoms with van der Waals surface area (Å²) >= 11 is 0. The number of nitrogens with zero attached hydrogens (tertiary/aromatic N) is 2. The van der Waals surface area contributed by atoms with Crippen molar-refractivity contribution < 1.29 is 17.6 Å². The Balaban J connectivity index is 2.17. The Morgan fingerprint density at radius 3 is 2.37 bits per heavy atom. The Kier molecular flexibility index (Phi) is 6.68. The zero-order valence-electron chi connectivity index (χ0n) is 15.4. The number of carbonyl (C=O) groups excluding carboxylic acids is 1. The minimum atomic E-state index is -3.66. The van der Waals surface area contributed by atoms with Gasteiger partial charge in [0.15, 0.2) is 0 Å². The van der Waals surface area contributed by atoms with Gasteiger partial charge in [-0.15, -0.1) is 0 Å². The molecule has 1 amide bonds. The van der Waals surface area contributed by atoms with Crippen molar-refractivity contribution in [3.05, 3.63) is 65.5 Å². The lowest BCUT2D eigenvalue weighted by Crippen LogP contribution is -2.39. The number of hydrogen-bond donors (Lipinski definition) is 1. The molecule has 0 aromatic heterocycles. The highest BCUT2D eigenvalue weighted by Gasteiger charge is 2.22. The van der Waals surface area contributed by atoms with Gasteiger partial charge in [-0.25, -0.2) is 18.2 Å². The van der Waals surface area contributed by atoms with Crippen molar-refractivity contribution >= 4 is 27.3 Å². The van der Waals surface area contributed by atoms with E-state index in [1.54, 1.807) is 31.2 Å². The first-order valence-corrected chi connectivity index (χ1v) is 10.2. The van der Waals surface area contributed by atoms with E-state index in [1.165, 1.54) is 12.1 Å². The van der Waals surface area contributed by atoms with E-state index in [9.17, 15) is 17.6 Å². The number of nitrogens with one attached hydrogen (secondary N) is 1. The van der Waals surface area contributed by atoms with E-state index in [0.717, 1.165) is 16.1 Å². The molecule has 0 saturated heterocycles. The minimum absolute atomic E-state index is 0.367. The maximum absolute atomic E-state index is 13.0. The van der Waals surface area contributed by atoms with E-state index in [2.05, 4.69) is 10.5 Å². The summed E-state index contributed by atoms with van der Waals surface area (Å²) in [4.78, 5) is 12.3. The number of sulfonamides is 1. The first-order chi connectivity index (χ1) is 12.7. The van der Waals surface area contributed by atoms with Crippen LogP contribution in [0.2, 0.25) is 0 Å². The standard InChI is InChI=1S/C19H22FN3O3S/c1-4-15-7-5-6-8-18(15)23(27(3,25)26)13-19(24)22-21-14(2)16-9-11-17(20)12-10-16/h5-12H,4,13H2,1-3H3,(H,22,24)/b21-14-. The van der Waals surface area contributed by atoms with Crippen LogP contribution >= 0.6 is 0 Å². The first-order valence-electron chi connectivity index (χ1n) is 8.37. The van der Waals surface area contributed by atoms with Crippen LogP contribution < -0.4 is 9.73 Å². The van der Waals surface area contributed by atoms with Crippen LogP contribution in [-0.2, 0) is 21.2 Å². The van der Waals surface area contributed by atoms with E-state index < -0.39 is 22.5 Å². The molecule has 1 N–H and O–H groups in total. The third-order valence-electron chi connectivity index (χ3n) is 3.94. The summed E-state index contributed by atoms with van der Waals surface area (Å²) in [6.07, 6.45) is 1.69. The van der Waals surface area contributed by atoms with Crippen molar-refractivity contribution in [3.8, 4) is 0 Å². The lowest BCUT2D eigenvalue weighted by Gasteiger charge is -2.23. The molecule has 0 fully saturated rings. The zero-order chi connectivity index (χ0) is 20.0. The fourth-order valence-electron chi connectivity index (χ4n) is 2.50. The van der Waals surface area contributed by atoms with Gasteiger partial charge >= 0.3 is 0 Å².